The SMILES string of the molecule is CN(C)C(=O)C(C)(C)CC(C)(C)C. The summed E-state index contributed by atoms with van der Waals surface area (Å²) < 4.78 is 0. The molecule has 0 saturated carbocycles. The largest absolute Gasteiger partial charge is 0.348 e. The van der Waals surface area contributed by atoms with Gasteiger partial charge in [-0.05, 0) is 11.8 Å². The van der Waals surface area contributed by atoms with Crippen LogP contribution in [-0.4, -0.2) is 24.9 Å². The first kappa shape index (κ1) is 12.5. The second-order valence-corrected chi connectivity index (χ2v) is 5.82. The molecule has 2 heteroatoms. The van der Waals surface area contributed by atoms with Crippen molar-refractivity contribution >= 4 is 5.91 Å². The zero-order valence-corrected chi connectivity index (χ0v) is 10.1. The molecule has 0 aliphatic rings. The van der Waals surface area contributed by atoms with Gasteiger partial charge in [0.25, 0.3) is 0 Å². The van der Waals surface area contributed by atoms with E-state index in [9.17, 15) is 4.79 Å². The maximum Gasteiger partial charge on any atom is 0.227 e. The van der Waals surface area contributed by atoms with Crippen molar-refractivity contribution in [2.45, 2.75) is 41.0 Å². The van der Waals surface area contributed by atoms with Crippen molar-refractivity contribution in [2.24, 2.45) is 10.8 Å². The molecular weight excluding hydrogens is 162 g/mol. The molecule has 0 bridgehead atoms. The highest BCUT2D eigenvalue weighted by Crippen LogP contribution is 2.34. The first-order valence-electron chi connectivity index (χ1n) is 4.78. The van der Waals surface area contributed by atoms with Crippen molar-refractivity contribution in [3.05, 3.63) is 0 Å². The molecule has 0 aromatic rings. The summed E-state index contributed by atoms with van der Waals surface area (Å²) in [4.78, 5) is 13.4. The summed E-state index contributed by atoms with van der Waals surface area (Å²) in [7, 11) is 3.62. The monoisotopic (exact) mass is 185 g/mol. The van der Waals surface area contributed by atoms with Crippen LogP contribution in [0.25, 0.3) is 0 Å². The lowest BCUT2D eigenvalue weighted by Crippen LogP contribution is -2.38. The lowest BCUT2D eigenvalue weighted by molar-refractivity contribution is -0.139. The number of rotatable bonds is 2. The van der Waals surface area contributed by atoms with Gasteiger partial charge in [0.1, 0.15) is 0 Å². The molecule has 0 saturated heterocycles. The van der Waals surface area contributed by atoms with E-state index >= 15 is 0 Å². The van der Waals surface area contributed by atoms with Crippen molar-refractivity contribution in [1.29, 1.82) is 0 Å². The number of hydrogen-bond acceptors (Lipinski definition) is 1. The van der Waals surface area contributed by atoms with Crippen LogP contribution < -0.4 is 0 Å². The average molecular weight is 185 g/mol. The van der Waals surface area contributed by atoms with E-state index in [0.717, 1.165) is 6.42 Å². The minimum Gasteiger partial charge on any atom is -0.348 e. The number of amides is 1. The van der Waals surface area contributed by atoms with Crippen LogP contribution in [0.15, 0.2) is 0 Å². The van der Waals surface area contributed by atoms with Crippen LogP contribution in [-0.2, 0) is 4.79 Å². The van der Waals surface area contributed by atoms with Crippen molar-refractivity contribution in [3.63, 3.8) is 0 Å². The van der Waals surface area contributed by atoms with Gasteiger partial charge < -0.3 is 4.90 Å². The number of hydrogen-bond donors (Lipinski definition) is 0. The van der Waals surface area contributed by atoms with Crippen molar-refractivity contribution < 1.29 is 4.79 Å². The fourth-order valence-electron chi connectivity index (χ4n) is 2.01. The molecule has 0 aliphatic carbocycles. The van der Waals surface area contributed by atoms with Crippen LogP contribution >= 0.6 is 0 Å². The summed E-state index contributed by atoms with van der Waals surface area (Å²) in [6, 6.07) is 0. The third-order valence-electron chi connectivity index (χ3n) is 1.96. The lowest BCUT2D eigenvalue weighted by atomic mass is 9.75. The second-order valence-electron chi connectivity index (χ2n) is 5.82. The predicted molar refractivity (Wildman–Crippen MR) is 56.5 cm³/mol. The van der Waals surface area contributed by atoms with Crippen molar-refractivity contribution in [1.82, 2.24) is 4.90 Å². The Kier molecular flexibility index (Phi) is 3.54. The minimum absolute atomic E-state index is 0.204. The highest BCUT2D eigenvalue weighted by Gasteiger charge is 2.33. The first-order valence-corrected chi connectivity index (χ1v) is 4.78. The molecule has 0 unspecified atom stereocenters. The Morgan fingerprint density at radius 1 is 1.08 bits per heavy atom. The zero-order chi connectivity index (χ0) is 10.9. The van der Waals surface area contributed by atoms with E-state index in [1.54, 1.807) is 4.90 Å². The van der Waals surface area contributed by atoms with E-state index in [2.05, 4.69) is 20.8 Å². The predicted octanol–water partition coefficient (Wildman–Crippen LogP) is 2.54. The Hall–Kier alpha value is -0.530. The van der Waals surface area contributed by atoms with Gasteiger partial charge in [-0.3, -0.25) is 4.79 Å². The third-order valence-corrected chi connectivity index (χ3v) is 1.96. The molecule has 0 spiro atoms. The molecule has 0 fully saturated rings. The van der Waals surface area contributed by atoms with Gasteiger partial charge in [-0.15, -0.1) is 0 Å². The Morgan fingerprint density at radius 2 is 1.46 bits per heavy atom. The standard InChI is InChI=1S/C11H23NO/c1-10(2,3)8-11(4,5)9(13)12(6)7/h8H2,1-7H3. The first-order chi connectivity index (χ1) is 5.56. The van der Waals surface area contributed by atoms with Crippen molar-refractivity contribution in [2.75, 3.05) is 14.1 Å². The van der Waals surface area contributed by atoms with Gasteiger partial charge in [-0.1, -0.05) is 34.6 Å². The summed E-state index contributed by atoms with van der Waals surface area (Å²) in [5.41, 5.74) is -0.0447. The number of nitrogens with zero attached hydrogens (tertiary/aromatic N) is 1. The van der Waals surface area contributed by atoms with E-state index in [1.165, 1.54) is 0 Å². The Bertz CT molecular complexity index is 187. The molecule has 0 aromatic heterocycles. The molecule has 0 heterocycles. The minimum atomic E-state index is -0.248. The van der Waals surface area contributed by atoms with Crippen LogP contribution in [0.2, 0.25) is 0 Å². The van der Waals surface area contributed by atoms with Crippen LogP contribution in [0.4, 0.5) is 0 Å². The fraction of sp³-hybridized carbons (Fsp3) is 0.909. The highest BCUT2D eigenvalue weighted by atomic mass is 16.2. The highest BCUT2D eigenvalue weighted by molar-refractivity contribution is 5.81. The summed E-state index contributed by atoms with van der Waals surface area (Å²) in [5, 5.41) is 0. The van der Waals surface area contributed by atoms with Gasteiger partial charge in [0.05, 0.1) is 0 Å². The van der Waals surface area contributed by atoms with Crippen LogP contribution in [0.5, 0.6) is 0 Å². The number of carbonyl (C=O) groups is 1. The molecule has 2 nitrogen and oxygen atoms in total. The summed E-state index contributed by atoms with van der Waals surface area (Å²) in [5.74, 6) is 0.211. The lowest BCUT2D eigenvalue weighted by Gasteiger charge is -2.33. The molecule has 13 heavy (non-hydrogen) atoms. The third kappa shape index (κ3) is 4.30. The van der Waals surface area contributed by atoms with E-state index in [0.29, 0.717) is 0 Å². The van der Waals surface area contributed by atoms with Gasteiger partial charge in [0.2, 0.25) is 5.91 Å². The molecule has 0 atom stereocenters. The summed E-state index contributed by atoms with van der Waals surface area (Å²) >= 11 is 0. The Labute approximate surface area is 82.3 Å². The molecule has 1 amide bonds. The Morgan fingerprint density at radius 3 is 1.69 bits per heavy atom. The summed E-state index contributed by atoms with van der Waals surface area (Å²) in [6.07, 6.45) is 0.914. The molecule has 0 rings (SSSR count). The van der Waals surface area contributed by atoms with Crippen LogP contribution in [0, 0.1) is 10.8 Å². The van der Waals surface area contributed by atoms with Gasteiger partial charge in [-0.25, -0.2) is 0 Å². The molecule has 0 radical (unpaired) electrons. The van der Waals surface area contributed by atoms with Crippen LogP contribution in [0.1, 0.15) is 41.0 Å². The van der Waals surface area contributed by atoms with Gasteiger partial charge in [0.15, 0.2) is 0 Å². The normalized spacial score (nSPS) is 12.8. The van der Waals surface area contributed by atoms with E-state index in [-0.39, 0.29) is 16.7 Å². The smallest absolute Gasteiger partial charge is 0.227 e. The van der Waals surface area contributed by atoms with Crippen LogP contribution in [0.3, 0.4) is 0 Å². The molecule has 0 N–H and O–H groups in total. The van der Waals surface area contributed by atoms with Gasteiger partial charge in [0, 0.05) is 19.5 Å². The summed E-state index contributed by atoms with van der Waals surface area (Å²) in [6.45, 7) is 10.5. The maximum absolute atomic E-state index is 11.8. The van der Waals surface area contributed by atoms with E-state index in [1.807, 2.05) is 27.9 Å². The zero-order valence-electron chi connectivity index (χ0n) is 10.1. The molecule has 0 aliphatic heterocycles. The van der Waals surface area contributed by atoms with Gasteiger partial charge >= 0.3 is 0 Å². The topological polar surface area (TPSA) is 20.3 Å². The second kappa shape index (κ2) is 3.69. The fourth-order valence-corrected chi connectivity index (χ4v) is 2.01. The van der Waals surface area contributed by atoms with Gasteiger partial charge in [-0.2, -0.15) is 0 Å². The van der Waals surface area contributed by atoms with Crippen molar-refractivity contribution in [3.8, 4) is 0 Å². The number of carbonyl (C=O) groups excluding carboxylic acids is 1. The molecule has 78 valence electrons. The molecule has 0 aromatic carbocycles. The maximum atomic E-state index is 11.8. The molecular formula is C11H23NO. The van der Waals surface area contributed by atoms with E-state index in [4.69, 9.17) is 0 Å². The Balaban J connectivity index is 4.49. The van der Waals surface area contributed by atoms with E-state index < -0.39 is 0 Å². The quantitative estimate of drug-likeness (QED) is 0.647. The average Bonchev–Trinajstić information content (AvgIpc) is 1.80.